The van der Waals surface area contributed by atoms with Crippen LogP contribution in [-0.4, -0.2) is 9.78 Å². The van der Waals surface area contributed by atoms with Crippen LogP contribution in [0.3, 0.4) is 0 Å². The standard InChI is InChI=1S/C12H13ClN2/c1-9-5-10(2)7-12(6-9)15-4-3-11(8-13)14-15/h3-7H,8H2,1-2H3. The summed E-state index contributed by atoms with van der Waals surface area (Å²) in [6, 6.07) is 8.30. The van der Waals surface area contributed by atoms with Gasteiger partial charge >= 0.3 is 0 Å². The van der Waals surface area contributed by atoms with E-state index in [0.29, 0.717) is 5.88 Å². The van der Waals surface area contributed by atoms with Crippen LogP contribution in [0.2, 0.25) is 0 Å². The van der Waals surface area contributed by atoms with Crippen molar-refractivity contribution in [3.8, 4) is 5.69 Å². The Morgan fingerprint density at radius 1 is 1.20 bits per heavy atom. The third-order valence-corrected chi connectivity index (χ3v) is 2.53. The Labute approximate surface area is 94.5 Å². The Kier molecular flexibility index (Phi) is 2.78. The molecule has 0 saturated carbocycles. The molecule has 3 heteroatoms. The van der Waals surface area contributed by atoms with E-state index in [1.54, 1.807) is 0 Å². The molecule has 15 heavy (non-hydrogen) atoms. The van der Waals surface area contributed by atoms with Crippen LogP contribution in [0.25, 0.3) is 5.69 Å². The first-order valence-electron chi connectivity index (χ1n) is 4.88. The average molecular weight is 221 g/mol. The molecule has 2 nitrogen and oxygen atoms in total. The summed E-state index contributed by atoms with van der Waals surface area (Å²) in [7, 11) is 0. The molecule has 1 aromatic carbocycles. The van der Waals surface area contributed by atoms with Crippen LogP contribution in [0.1, 0.15) is 16.8 Å². The molecule has 0 saturated heterocycles. The molecule has 0 spiro atoms. The molecule has 0 radical (unpaired) electrons. The number of halogens is 1. The number of benzene rings is 1. The maximum atomic E-state index is 5.71. The lowest BCUT2D eigenvalue weighted by Gasteiger charge is -2.04. The molecule has 0 bridgehead atoms. The van der Waals surface area contributed by atoms with Crippen LogP contribution in [0.5, 0.6) is 0 Å². The average Bonchev–Trinajstić information content (AvgIpc) is 2.64. The van der Waals surface area contributed by atoms with E-state index in [1.165, 1.54) is 11.1 Å². The largest absolute Gasteiger partial charge is 0.241 e. The Balaban J connectivity index is 2.44. The van der Waals surface area contributed by atoms with E-state index >= 15 is 0 Å². The van der Waals surface area contributed by atoms with E-state index in [9.17, 15) is 0 Å². The molecule has 78 valence electrons. The molecule has 1 heterocycles. The molecule has 2 aromatic rings. The Morgan fingerprint density at radius 2 is 1.87 bits per heavy atom. The van der Waals surface area contributed by atoms with Crippen molar-refractivity contribution in [1.82, 2.24) is 9.78 Å². The number of hydrogen-bond acceptors (Lipinski definition) is 1. The third-order valence-electron chi connectivity index (χ3n) is 2.25. The number of hydrogen-bond donors (Lipinski definition) is 0. The van der Waals surface area contributed by atoms with Crippen molar-refractivity contribution in [3.05, 3.63) is 47.3 Å². The minimum Gasteiger partial charge on any atom is -0.241 e. The quantitative estimate of drug-likeness (QED) is 0.711. The number of alkyl halides is 1. The van der Waals surface area contributed by atoms with Gasteiger partial charge in [0.05, 0.1) is 17.3 Å². The highest BCUT2D eigenvalue weighted by Gasteiger charge is 2.01. The maximum absolute atomic E-state index is 5.71. The minimum atomic E-state index is 0.456. The first-order chi connectivity index (χ1) is 7.19. The van der Waals surface area contributed by atoms with Crippen molar-refractivity contribution in [1.29, 1.82) is 0 Å². The van der Waals surface area contributed by atoms with Gasteiger partial charge in [-0.1, -0.05) is 6.07 Å². The fourth-order valence-corrected chi connectivity index (χ4v) is 1.80. The smallest absolute Gasteiger partial charge is 0.0776 e. The van der Waals surface area contributed by atoms with Gasteiger partial charge in [-0.25, -0.2) is 4.68 Å². The lowest BCUT2D eigenvalue weighted by Crippen LogP contribution is -1.96. The molecular formula is C12H13ClN2. The zero-order chi connectivity index (χ0) is 10.8. The summed E-state index contributed by atoms with van der Waals surface area (Å²) in [5, 5.41) is 4.37. The molecule has 0 aliphatic carbocycles. The molecule has 0 fully saturated rings. The number of aromatic nitrogens is 2. The monoisotopic (exact) mass is 220 g/mol. The molecule has 0 N–H and O–H groups in total. The summed E-state index contributed by atoms with van der Waals surface area (Å²) < 4.78 is 1.86. The number of nitrogens with zero attached hydrogens (tertiary/aromatic N) is 2. The molecule has 0 aliphatic rings. The highest BCUT2D eigenvalue weighted by Crippen LogP contribution is 2.13. The van der Waals surface area contributed by atoms with Crippen molar-refractivity contribution in [3.63, 3.8) is 0 Å². The van der Waals surface area contributed by atoms with Gasteiger partial charge in [-0.15, -0.1) is 11.6 Å². The maximum Gasteiger partial charge on any atom is 0.0776 e. The van der Waals surface area contributed by atoms with E-state index in [-0.39, 0.29) is 0 Å². The second kappa shape index (κ2) is 4.07. The molecule has 0 unspecified atom stereocenters. The summed E-state index contributed by atoms with van der Waals surface area (Å²) in [5.41, 5.74) is 4.47. The number of aryl methyl sites for hydroxylation is 2. The van der Waals surface area contributed by atoms with E-state index < -0.39 is 0 Å². The van der Waals surface area contributed by atoms with Crippen LogP contribution >= 0.6 is 11.6 Å². The Bertz CT molecular complexity index is 454. The van der Waals surface area contributed by atoms with Gasteiger partial charge in [-0.2, -0.15) is 5.10 Å². The molecule has 0 atom stereocenters. The number of rotatable bonds is 2. The predicted octanol–water partition coefficient (Wildman–Crippen LogP) is 3.23. The highest BCUT2D eigenvalue weighted by atomic mass is 35.5. The van der Waals surface area contributed by atoms with Crippen LogP contribution in [0.15, 0.2) is 30.5 Å². The van der Waals surface area contributed by atoms with Crippen molar-refractivity contribution in [2.75, 3.05) is 0 Å². The lowest BCUT2D eigenvalue weighted by atomic mass is 10.1. The summed E-state index contributed by atoms with van der Waals surface area (Å²) in [4.78, 5) is 0. The van der Waals surface area contributed by atoms with E-state index in [2.05, 4.69) is 37.1 Å². The third kappa shape index (κ3) is 2.21. The van der Waals surface area contributed by atoms with Gasteiger partial charge in [0.25, 0.3) is 0 Å². The lowest BCUT2D eigenvalue weighted by molar-refractivity contribution is 0.856. The van der Waals surface area contributed by atoms with Crippen molar-refractivity contribution in [2.24, 2.45) is 0 Å². The molecule has 2 rings (SSSR count). The zero-order valence-electron chi connectivity index (χ0n) is 8.87. The van der Waals surface area contributed by atoms with Crippen LogP contribution in [-0.2, 0) is 5.88 Å². The first kappa shape index (κ1) is 10.2. The molecule has 0 amide bonds. The van der Waals surface area contributed by atoms with E-state index in [0.717, 1.165) is 11.4 Å². The summed E-state index contributed by atoms with van der Waals surface area (Å²) in [6.07, 6.45) is 1.94. The molecule has 0 aliphatic heterocycles. The normalized spacial score (nSPS) is 10.6. The first-order valence-corrected chi connectivity index (χ1v) is 5.41. The minimum absolute atomic E-state index is 0.456. The van der Waals surface area contributed by atoms with Crippen LogP contribution < -0.4 is 0 Å². The second-order valence-corrected chi connectivity index (χ2v) is 4.00. The van der Waals surface area contributed by atoms with Crippen LogP contribution in [0, 0.1) is 13.8 Å². The molecular weight excluding hydrogens is 208 g/mol. The summed E-state index contributed by atoms with van der Waals surface area (Å²) >= 11 is 5.71. The van der Waals surface area contributed by atoms with E-state index in [1.807, 2.05) is 16.9 Å². The highest BCUT2D eigenvalue weighted by molar-refractivity contribution is 6.16. The van der Waals surface area contributed by atoms with Gasteiger partial charge < -0.3 is 0 Å². The van der Waals surface area contributed by atoms with Crippen molar-refractivity contribution in [2.45, 2.75) is 19.7 Å². The van der Waals surface area contributed by atoms with E-state index in [4.69, 9.17) is 11.6 Å². The van der Waals surface area contributed by atoms with Crippen molar-refractivity contribution < 1.29 is 0 Å². The van der Waals surface area contributed by atoms with Gasteiger partial charge in [0, 0.05) is 6.20 Å². The fourth-order valence-electron chi connectivity index (χ4n) is 1.66. The SMILES string of the molecule is Cc1cc(C)cc(-n2ccc(CCl)n2)c1. The van der Waals surface area contributed by atoms with Gasteiger partial charge in [-0.3, -0.25) is 0 Å². The Hall–Kier alpha value is -1.28. The van der Waals surface area contributed by atoms with Crippen LogP contribution in [0.4, 0.5) is 0 Å². The van der Waals surface area contributed by atoms with Gasteiger partial charge in [0.2, 0.25) is 0 Å². The van der Waals surface area contributed by atoms with Gasteiger partial charge in [-0.05, 0) is 43.2 Å². The summed E-state index contributed by atoms with van der Waals surface area (Å²) in [5.74, 6) is 0.456. The fraction of sp³-hybridized carbons (Fsp3) is 0.250. The van der Waals surface area contributed by atoms with Crippen molar-refractivity contribution >= 4 is 11.6 Å². The van der Waals surface area contributed by atoms with Gasteiger partial charge in [0.15, 0.2) is 0 Å². The molecule has 1 aromatic heterocycles. The Morgan fingerprint density at radius 3 is 2.40 bits per heavy atom. The summed E-state index contributed by atoms with van der Waals surface area (Å²) in [6.45, 7) is 4.17. The zero-order valence-corrected chi connectivity index (χ0v) is 9.62. The van der Waals surface area contributed by atoms with Gasteiger partial charge in [0.1, 0.15) is 0 Å². The second-order valence-electron chi connectivity index (χ2n) is 3.73. The predicted molar refractivity (Wildman–Crippen MR) is 62.6 cm³/mol. The topological polar surface area (TPSA) is 17.8 Å².